The molecule has 2 amide bonds. The highest BCUT2D eigenvalue weighted by Gasteiger charge is 2.13. The Morgan fingerprint density at radius 1 is 0.765 bits per heavy atom. The molecule has 170 valence electrons. The van der Waals surface area contributed by atoms with Crippen LogP contribution < -0.4 is 16.0 Å². The Bertz CT molecular complexity index is 1270. The van der Waals surface area contributed by atoms with Gasteiger partial charge in [-0.15, -0.1) is 0 Å². The molecule has 34 heavy (non-hydrogen) atoms. The third kappa shape index (κ3) is 6.07. The van der Waals surface area contributed by atoms with Crippen molar-refractivity contribution in [2.24, 2.45) is 0 Å². The second kappa shape index (κ2) is 10.9. The summed E-state index contributed by atoms with van der Waals surface area (Å²) in [6.07, 6.45) is 2.63. The van der Waals surface area contributed by atoms with Crippen LogP contribution in [-0.2, 0) is 11.2 Å². The van der Waals surface area contributed by atoms with Gasteiger partial charge in [-0.25, -0.2) is 0 Å². The first-order chi connectivity index (χ1) is 16.6. The Kier molecular flexibility index (Phi) is 7.30. The van der Waals surface area contributed by atoms with Crippen LogP contribution in [0.1, 0.15) is 23.0 Å². The second-order valence-electron chi connectivity index (χ2n) is 7.84. The van der Waals surface area contributed by atoms with Gasteiger partial charge in [0.2, 0.25) is 5.91 Å². The van der Waals surface area contributed by atoms with Gasteiger partial charge in [-0.3, -0.25) is 14.6 Å². The molecule has 3 N–H and O–H groups in total. The molecule has 0 radical (unpaired) electrons. The van der Waals surface area contributed by atoms with E-state index in [0.29, 0.717) is 16.9 Å². The fourth-order valence-electron chi connectivity index (χ4n) is 3.65. The van der Waals surface area contributed by atoms with E-state index in [1.807, 2.05) is 84.9 Å². The monoisotopic (exact) mass is 450 g/mol. The minimum absolute atomic E-state index is 0.141. The van der Waals surface area contributed by atoms with Crippen LogP contribution in [0.5, 0.6) is 0 Å². The normalized spacial score (nSPS) is 10.4. The Hall–Kier alpha value is -4.45. The van der Waals surface area contributed by atoms with Crippen molar-refractivity contribution in [2.75, 3.05) is 22.5 Å². The number of pyridine rings is 1. The van der Waals surface area contributed by atoms with E-state index in [-0.39, 0.29) is 11.8 Å². The van der Waals surface area contributed by atoms with Gasteiger partial charge >= 0.3 is 0 Å². The van der Waals surface area contributed by atoms with E-state index >= 15 is 0 Å². The van der Waals surface area contributed by atoms with Crippen molar-refractivity contribution in [2.45, 2.75) is 13.3 Å². The molecule has 4 rings (SSSR count). The van der Waals surface area contributed by atoms with E-state index < -0.39 is 0 Å². The third-order valence-electron chi connectivity index (χ3n) is 5.24. The highest BCUT2D eigenvalue weighted by molar-refractivity contribution is 6.09. The van der Waals surface area contributed by atoms with Crippen LogP contribution in [0.3, 0.4) is 0 Å². The van der Waals surface area contributed by atoms with Crippen molar-refractivity contribution < 1.29 is 9.59 Å². The lowest BCUT2D eigenvalue weighted by atomic mass is 9.98. The van der Waals surface area contributed by atoms with Crippen molar-refractivity contribution in [1.82, 2.24) is 4.98 Å². The van der Waals surface area contributed by atoms with Crippen molar-refractivity contribution in [3.05, 3.63) is 108 Å². The number of aromatic nitrogens is 1. The lowest BCUT2D eigenvalue weighted by Crippen LogP contribution is -2.13. The maximum Gasteiger partial charge on any atom is 0.256 e. The van der Waals surface area contributed by atoms with Gasteiger partial charge in [-0.2, -0.15) is 0 Å². The van der Waals surface area contributed by atoms with Crippen molar-refractivity contribution >= 4 is 28.9 Å². The first-order valence-electron chi connectivity index (χ1n) is 11.1. The molecule has 0 unspecified atom stereocenters. The van der Waals surface area contributed by atoms with Crippen molar-refractivity contribution in [3.63, 3.8) is 0 Å². The number of carbonyl (C=O) groups excluding carboxylic acids is 2. The molecule has 0 aliphatic heterocycles. The largest absolute Gasteiger partial charge is 0.385 e. The van der Waals surface area contributed by atoms with Gasteiger partial charge in [0.15, 0.2) is 0 Å². The average molecular weight is 451 g/mol. The Labute approximate surface area is 199 Å². The molecule has 6 heteroatoms. The summed E-state index contributed by atoms with van der Waals surface area (Å²) in [6.45, 7) is 2.24. The van der Waals surface area contributed by atoms with Gasteiger partial charge in [-0.05, 0) is 65.7 Å². The molecule has 0 saturated carbocycles. The first-order valence-corrected chi connectivity index (χ1v) is 11.1. The van der Waals surface area contributed by atoms with Crippen molar-refractivity contribution in [1.29, 1.82) is 0 Å². The molecular weight excluding hydrogens is 424 g/mol. The van der Waals surface area contributed by atoms with E-state index in [4.69, 9.17) is 0 Å². The standard InChI is InChI=1S/C28H26N4O2/c1-20(33)31-25-9-6-7-21(19-25)26-10-2-3-11-27(26)28(34)32-24-14-12-23(13-15-24)30-18-16-22-8-4-5-17-29-22/h2-15,17,19,30H,16,18H2,1H3,(H,31,33)(H,32,34). The summed E-state index contributed by atoms with van der Waals surface area (Å²) in [5.41, 5.74) is 5.61. The molecule has 0 saturated heterocycles. The molecule has 3 aromatic carbocycles. The van der Waals surface area contributed by atoms with Gasteiger partial charge in [0, 0.05) is 54.4 Å². The first kappa shape index (κ1) is 22.7. The van der Waals surface area contributed by atoms with Gasteiger partial charge in [0.05, 0.1) is 0 Å². The van der Waals surface area contributed by atoms with E-state index in [1.165, 1.54) is 6.92 Å². The summed E-state index contributed by atoms with van der Waals surface area (Å²) in [7, 11) is 0. The summed E-state index contributed by atoms with van der Waals surface area (Å²) in [5.74, 6) is -0.339. The number of carbonyl (C=O) groups is 2. The lowest BCUT2D eigenvalue weighted by molar-refractivity contribution is -0.114. The second-order valence-corrected chi connectivity index (χ2v) is 7.84. The summed E-state index contributed by atoms with van der Waals surface area (Å²) in [6, 6.07) is 28.4. The SMILES string of the molecule is CC(=O)Nc1cccc(-c2ccccc2C(=O)Nc2ccc(NCCc3ccccn3)cc2)c1. The fourth-order valence-corrected chi connectivity index (χ4v) is 3.65. The zero-order chi connectivity index (χ0) is 23.8. The zero-order valence-electron chi connectivity index (χ0n) is 18.9. The third-order valence-corrected chi connectivity index (χ3v) is 5.24. The fraction of sp³-hybridized carbons (Fsp3) is 0.107. The molecule has 0 spiro atoms. The predicted octanol–water partition coefficient (Wildman–Crippen LogP) is 5.61. The average Bonchev–Trinajstić information content (AvgIpc) is 2.85. The predicted molar refractivity (Wildman–Crippen MR) is 137 cm³/mol. The van der Waals surface area contributed by atoms with Crippen molar-refractivity contribution in [3.8, 4) is 11.1 Å². The topological polar surface area (TPSA) is 83.1 Å². The van der Waals surface area contributed by atoms with Gasteiger partial charge in [-0.1, -0.05) is 36.4 Å². The van der Waals surface area contributed by atoms with E-state index in [1.54, 1.807) is 12.3 Å². The molecule has 1 aromatic heterocycles. The number of hydrogen-bond donors (Lipinski definition) is 3. The number of anilines is 3. The van der Waals surface area contributed by atoms with E-state index in [9.17, 15) is 9.59 Å². The number of nitrogens with zero attached hydrogens (tertiary/aromatic N) is 1. The van der Waals surface area contributed by atoms with Gasteiger partial charge in [0.1, 0.15) is 0 Å². The van der Waals surface area contributed by atoms with Crippen LogP contribution in [0.15, 0.2) is 97.2 Å². The van der Waals surface area contributed by atoms with E-state index in [0.717, 1.165) is 35.5 Å². The molecule has 6 nitrogen and oxygen atoms in total. The smallest absolute Gasteiger partial charge is 0.256 e. The van der Waals surface area contributed by atoms with Crippen LogP contribution in [0.2, 0.25) is 0 Å². The molecule has 0 fully saturated rings. The number of benzene rings is 3. The van der Waals surface area contributed by atoms with Crippen LogP contribution in [0.4, 0.5) is 17.1 Å². The number of rotatable bonds is 8. The lowest BCUT2D eigenvalue weighted by Gasteiger charge is -2.12. The maximum atomic E-state index is 13.1. The minimum Gasteiger partial charge on any atom is -0.385 e. The molecule has 0 bridgehead atoms. The van der Waals surface area contributed by atoms with Crippen LogP contribution >= 0.6 is 0 Å². The highest BCUT2D eigenvalue weighted by Crippen LogP contribution is 2.27. The highest BCUT2D eigenvalue weighted by atomic mass is 16.2. The summed E-state index contributed by atoms with van der Waals surface area (Å²) in [5, 5.41) is 9.13. The minimum atomic E-state index is -0.198. The quantitative estimate of drug-likeness (QED) is 0.326. The van der Waals surface area contributed by atoms with E-state index in [2.05, 4.69) is 20.9 Å². The molecule has 4 aromatic rings. The molecule has 0 atom stereocenters. The summed E-state index contributed by atoms with van der Waals surface area (Å²) < 4.78 is 0. The number of amides is 2. The molecular formula is C28H26N4O2. The van der Waals surface area contributed by atoms with Gasteiger partial charge in [0.25, 0.3) is 5.91 Å². The van der Waals surface area contributed by atoms with Crippen LogP contribution in [-0.4, -0.2) is 23.3 Å². The Balaban J connectivity index is 1.42. The van der Waals surface area contributed by atoms with Crippen LogP contribution in [0, 0.1) is 0 Å². The summed E-state index contributed by atoms with van der Waals surface area (Å²) in [4.78, 5) is 28.8. The van der Waals surface area contributed by atoms with Crippen LogP contribution in [0.25, 0.3) is 11.1 Å². The zero-order valence-corrected chi connectivity index (χ0v) is 18.9. The molecule has 0 aliphatic rings. The van der Waals surface area contributed by atoms with Gasteiger partial charge < -0.3 is 16.0 Å². The number of nitrogens with one attached hydrogen (secondary N) is 3. The number of hydrogen-bond acceptors (Lipinski definition) is 4. The molecule has 1 heterocycles. The summed E-state index contributed by atoms with van der Waals surface area (Å²) >= 11 is 0. The maximum absolute atomic E-state index is 13.1. The molecule has 0 aliphatic carbocycles. The Morgan fingerprint density at radius 3 is 2.29 bits per heavy atom. The Morgan fingerprint density at radius 2 is 1.53 bits per heavy atom.